The highest BCUT2D eigenvalue weighted by atomic mass is 16.7. The lowest BCUT2D eigenvalue weighted by Crippen LogP contribution is -2.64. The minimum atomic E-state index is -1.35. The van der Waals surface area contributed by atoms with E-state index in [9.17, 15) is 20.1 Å². The van der Waals surface area contributed by atoms with Crippen molar-refractivity contribution >= 4 is 5.91 Å². The van der Waals surface area contributed by atoms with Gasteiger partial charge in [0.2, 0.25) is 5.79 Å². The molecule has 0 saturated carbocycles. The summed E-state index contributed by atoms with van der Waals surface area (Å²) in [6.07, 6.45) is -6.30. The molecule has 1 amide bonds. The van der Waals surface area contributed by atoms with Crippen LogP contribution in [0.5, 0.6) is 0 Å². The van der Waals surface area contributed by atoms with Crippen LogP contribution >= 0.6 is 0 Å². The Morgan fingerprint density at radius 2 is 1.94 bits per heavy atom. The van der Waals surface area contributed by atoms with Crippen molar-refractivity contribution in [1.29, 1.82) is 0 Å². The minimum Gasteiger partial charge on any atom is -0.394 e. The van der Waals surface area contributed by atoms with Gasteiger partial charge in [0.15, 0.2) is 12.3 Å². The molecule has 3 aliphatic heterocycles. The van der Waals surface area contributed by atoms with E-state index in [1.165, 1.54) is 14.2 Å². The van der Waals surface area contributed by atoms with Crippen molar-refractivity contribution in [3.63, 3.8) is 0 Å². The summed E-state index contributed by atoms with van der Waals surface area (Å²) in [7, 11) is 2.94. The van der Waals surface area contributed by atoms with E-state index in [-0.39, 0.29) is 24.9 Å². The van der Waals surface area contributed by atoms with Gasteiger partial charge in [0.05, 0.1) is 31.0 Å². The second kappa shape index (κ2) is 9.87. The highest BCUT2D eigenvalue weighted by Crippen LogP contribution is 2.44. The lowest BCUT2D eigenvalue weighted by atomic mass is 9.72. The largest absolute Gasteiger partial charge is 0.394 e. The van der Waals surface area contributed by atoms with Crippen molar-refractivity contribution in [2.75, 3.05) is 20.8 Å². The third-order valence-corrected chi connectivity index (χ3v) is 7.54. The third kappa shape index (κ3) is 4.72. The lowest BCUT2D eigenvalue weighted by Gasteiger charge is -2.51. The Balaban J connectivity index is 1.84. The van der Waals surface area contributed by atoms with Crippen LogP contribution in [-0.4, -0.2) is 96.8 Å². The molecule has 3 saturated heterocycles. The lowest BCUT2D eigenvalue weighted by molar-refractivity contribution is -0.314. The van der Waals surface area contributed by atoms with Crippen LogP contribution in [0.15, 0.2) is 12.2 Å². The van der Waals surface area contributed by atoms with Crippen LogP contribution in [0.4, 0.5) is 0 Å². The number of nitrogens with one attached hydrogen (secondary N) is 1. The van der Waals surface area contributed by atoms with Crippen LogP contribution in [0.25, 0.3) is 0 Å². The molecule has 0 unspecified atom stereocenters. The Bertz CT molecular complexity index is 731. The molecule has 4 N–H and O–H groups in total. The van der Waals surface area contributed by atoms with E-state index < -0.39 is 66.6 Å². The van der Waals surface area contributed by atoms with E-state index in [0.29, 0.717) is 0 Å². The Kier molecular flexibility index (Phi) is 7.92. The number of amides is 1. The minimum absolute atomic E-state index is 0.0976. The topological polar surface area (TPSA) is 136 Å². The van der Waals surface area contributed by atoms with Crippen molar-refractivity contribution in [3.05, 3.63) is 12.2 Å². The van der Waals surface area contributed by atoms with Crippen LogP contribution in [0.2, 0.25) is 0 Å². The average molecular weight is 474 g/mol. The molecule has 10 nitrogen and oxygen atoms in total. The highest BCUT2D eigenvalue weighted by Gasteiger charge is 2.59. The van der Waals surface area contributed by atoms with Crippen molar-refractivity contribution in [3.8, 4) is 0 Å². The molecule has 3 fully saturated rings. The summed E-state index contributed by atoms with van der Waals surface area (Å²) in [6, 6.07) is 0. The Labute approximate surface area is 195 Å². The fourth-order valence-corrected chi connectivity index (χ4v) is 5.19. The average Bonchev–Trinajstić information content (AvgIpc) is 3.15. The van der Waals surface area contributed by atoms with Gasteiger partial charge in [-0.05, 0) is 6.92 Å². The highest BCUT2D eigenvalue weighted by molar-refractivity contribution is 5.84. The summed E-state index contributed by atoms with van der Waals surface area (Å²) in [5.74, 6) is -1.70. The van der Waals surface area contributed by atoms with Crippen molar-refractivity contribution in [1.82, 2.24) is 5.32 Å². The van der Waals surface area contributed by atoms with Crippen LogP contribution in [0.3, 0.4) is 0 Å². The predicted molar refractivity (Wildman–Crippen MR) is 117 cm³/mol. The summed E-state index contributed by atoms with van der Waals surface area (Å²) in [6.45, 7) is 11.3. The van der Waals surface area contributed by atoms with E-state index in [1.54, 1.807) is 0 Å². The molecular formula is C23H39NO9. The zero-order valence-electron chi connectivity index (χ0n) is 20.3. The number of aliphatic hydroxyl groups is 3. The number of aliphatic hydroxyl groups excluding tert-OH is 3. The van der Waals surface area contributed by atoms with Gasteiger partial charge in [-0.3, -0.25) is 4.79 Å². The molecule has 0 aromatic rings. The second-order valence-electron chi connectivity index (χ2n) is 10.0. The molecule has 0 aliphatic carbocycles. The smallest absolute Gasteiger partial charge is 0.256 e. The predicted octanol–water partition coefficient (Wildman–Crippen LogP) is 0.0841. The molecular weight excluding hydrogens is 434 g/mol. The van der Waals surface area contributed by atoms with E-state index in [0.717, 1.165) is 5.57 Å². The molecule has 0 aromatic carbocycles. The summed E-state index contributed by atoms with van der Waals surface area (Å²) in [5.41, 5.74) is 0.204. The summed E-state index contributed by atoms with van der Waals surface area (Å²) >= 11 is 0. The number of ether oxygens (including phenoxy) is 5. The number of hydrogen-bond acceptors (Lipinski definition) is 9. The molecule has 10 heteroatoms. The van der Waals surface area contributed by atoms with Crippen LogP contribution in [-0.2, 0) is 28.5 Å². The van der Waals surface area contributed by atoms with Crippen LogP contribution in [0, 0.1) is 11.3 Å². The van der Waals surface area contributed by atoms with Gasteiger partial charge in [-0.2, -0.15) is 0 Å². The van der Waals surface area contributed by atoms with Crippen LogP contribution < -0.4 is 5.32 Å². The Morgan fingerprint density at radius 1 is 1.27 bits per heavy atom. The van der Waals surface area contributed by atoms with Gasteiger partial charge in [0.1, 0.15) is 12.2 Å². The zero-order valence-corrected chi connectivity index (χ0v) is 20.3. The molecule has 10 atom stereocenters. The first kappa shape index (κ1) is 26.5. The second-order valence-corrected chi connectivity index (χ2v) is 10.0. The number of carbonyl (C=O) groups is 1. The fraction of sp³-hybridized carbons (Fsp3) is 0.870. The van der Waals surface area contributed by atoms with E-state index in [1.807, 2.05) is 27.7 Å². The standard InChI is InChI=1S/C23H39NO9/c1-11-9-23(30-7,33-13(3)12(11)2)19-20(28)24-21(32-19)17-16(27)18(29-6)22(4,5)15(31-17)8-14(26)10-25/h12-19,21,25-27H,1,8-10H2,2-7H3,(H,24,28)/t12-,13-,14-,15-,16+,17+,18-,19-,21+,23-/m1/s1. The van der Waals surface area contributed by atoms with Gasteiger partial charge in [0, 0.05) is 38.4 Å². The Hall–Kier alpha value is -1.11. The molecule has 3 rings (SSSR count). The SMILES string of the molecule is C=C1C[C@](OC)([C@@H]2O[C@@H]([C@H]3O[C@H](C[C@@H](O)CO)C(C)(C)[C@H](OC)[C@H]3O)NC2=O)O[C@H](C)[C@@H]1C. The summed E-state index contributed by atoms with van der Waals surface area (Å²) < 4.78 is 29.7. The first-order valence-corrected chi connectivity index (χ1v) is 11.4. The number of carbonyl (C=O) groups excluding carboxylic acids is 1. The summed E-state index contributed by atoms with van der Waals surface area (Å²) in [4.78, 5) is 13.0. The third-order valence-electron chi connectivity index (χ3n) is 7.54. The number of hydrogen-bond donors (Lipinski definition) is 4. The van der Waals surface area contributed by atoms with Crippen LogP contribution in [0.1, 0.15) is 40.5 Å². The van der Waals surface area contributed by atoms with Gasteiger partial charge < -0.3 is 44.3 Å². The van der Waals surface area contributed by atoms with E-state index in [4.69, 9.17) is 23.7 Å². The van der Waals surface area contributed by atoms with Crippen molar-refractivity contribution in [2.24, 2.45) is 11.3 Å². The molecule has 190 valence electrons. The number of rotatable bonds is 7. The number of methoxy groups -OCH3 is 2. The van der Waals surface area contributed by atoms with E-state index in [2.05, 4.69) is 11.9 Å². The molecule has 0 spiro atoms. The maximum atomic E-state index is 13.0. The first-order chi connectivity index (χ1) is 15.4. The van der Waals surface area contributed by atoms with Gasteiger partial charge >= 0.3 is 0 Å². The van der Waals surface area contributed by atoms with Gasteiger partial charge in [0.25, 0.3) is 5.91 Å². The normalized spacial score (nSPS) is 44.5. The monoisotopic (exact) mass is 473 g/mol. The molecule has 3 aliphatic rings. The molecule has 0 radical (unpaired) electrons. The fourth-order valence-electron chi connectivity index (χ4n) is 5.19. The first-order valence-electron chi connectivity index (χ1n) is 11.4. The van der Waals surface area contributed by atoms with E-state index >= 15 is 0 Å². The van der Waals surface area contributed by atoms with Gasteiger partial charge in [-0.25, -0.2) is 0 Å². The molecule has 33 heavy (non-hydrogen) atoms. The van der Waals surface area contributed by atoms with Crippen molar-refractivity contribution < 1.29 is 43.8 Å². The summed E-state index contributed by atoms with van der Waals surface area (Å²) in [5, 5.41) is 33.2. The van der Waals surface area contributed by atoms with Crippen molar-refractivity contribution in [2.45, 2.75) is 95.3 Å². The molecule has 3 heterocycles. The van der Waals surface area contributed by atoms with Gasteiger partial charge in [-0.1, -0.05) is 32.9 Å². The molecule has 0 bridgehead atoms. The quantitative estimate of drug-likeness (QED) is 0.379. The maximum absolute atomic E-state index is 13.0. The molecule has 0 aromatic heterocycles. The zero-order chi connectivity index (χ0) is 24.7. The van der Waals surface area contributed by atoms with Gasteiger partial charge in [-0.15, -0.1) is 0 Å². The maximum Gasteiger partial charge on any atom is 0.256 e. The Morgan fingerprint density at radius 3 is 2.48 bits per heavy atom.